The van der Waals surface area contributed by atoms with Gasteiger partial charge in [0.2, 0.25) is 0 Å². The van der Waals surface area contributed by atoms with Crippen molar-refractivity contribution in [2.75, 3.05) is 13.7 Å². The lowest BCUT2D eigenvalue weighted by atomic mass is 9.99. The summed E-state index contributed by atoms with van der Waals surface area (Å²) in [6.45, 7) is 1.22. The molecule has 0 spiro atoms. The van der Waals surface area contributed by atoms with Crippen molar-refractivity contribution in [3.63, 3.8) is 0 Å². The number of esters is 1. The van der Waals surface area contributed by atoms with Crippen LogP contribution in [0.25, 0.3) is 11.1 Å². The second kappa shape index (κ2) is 7.46. The molecule has 1 heterocycles. The Hall–Kier alpha value is -3.08. The van der Waals surface area contributed by atoms with Crippen LogP contribution in [0.5, 0.6) is 5.75 Å². The Labute approximate surface area is 140 Å². The highest BCUT2D eigenvalue weighted by atomic mass is 16.5. The molecule has 0 saturated heterocycles. The number of benzene rings is 2. The number of ether oxygens (including phenoxy) is 2. The number of hydrogen-bond acceptors (Lipinski definition) is 4. The third-order valence-corrected chi connectivity index (χ3v) is 3.66. The van der Waals surface area contributed by atoms with Crippen LogP contribution in [0.4, 0.5) is 0 Å². The van der Waals surface area contributed by atoms with E-state index in [2.05, 4.69) is 4.98 Å². The van der Waals surface area contributed by atoms with E-state index in [-0.39, 0.29) is 5.97 Å². The van der Waals surface area contributed by atoms with Crippen molar-refractivity contribution in [1.29, 1.82) is 0 Å². The summed E-state index contributed by atoms with van der Waals surface area (Å²) in [6.07, 6.45) is 5.37. The molecular formula is C19H18N2O3. The molecular weight excluding hydrogens is 304 g/mol. The first-order valence-electron chi connectivity index (χ1n) is 7.64. The van der Waals surface area contributed by atoms with Crippen molar-refractivity contribution in [1.82, 2.24) is 9.55 Å². The molecule has 3 aromatic rings. The molecule has 0 aliphatic rings. The predicted octanol–water partition coefficient (Wildman–Crippen LogP) is 3.42. The number of aromatic nitrogens is 2. The summed E-state index contributed by atoms with van der Waals surface area (Å²) in [5.41, 5.74) is 2.26. The minimum atomic E-state index is -0.362. The number of rotatable bonds is 6. The molecule has 0 bridgehead atoms. The van der Waals surface area contributed by atoms with Crippen LogP contribution in [-0.4, -0.2) is 29.2 Å². The van der Waals surface area contributed by atoms with Crippen LogP contribution in [-0.2, 0) is 11.3 Å². The second-order valence-corrected chi connectivity index (χ2v) is 5.21. The molecule has 0 atom stereocenters. The molecule has 0 N–H and O–H groups in total. The summed E-state index contributed by atoms with van der Waals surface area (Å²) in [5, 5.41) is 0. The van der Waals surface area contributed by atoms with E-state index in [0.717, 1.165) is 11.1 Å². The van der Waals surface area contributed by atoms with Gasteiger partial charge < -0.3 is 14.0 Å². The average Bonchev–Trinajstić information content (AvgIpc) is 3.15. The summed E-state index contributed by atoms with van der Waals surface area (Å²) >= 11 is 0. The molecule has 0 radical (unpaired) electrons. The van der Waals surface area contributed by atoms with Gasteiger partial charge in [-0.15, -0.1) is 0 Å². The Bertz CT molecular complexity index is 799. The molecule has 0 aliphatic carbocycles. The van der Waals surface area contributed by atoms with Gasteiger partial charge in [0.15, 0.2) is 0 Å². The van der Waals surface area contributed by atoms with E-state index in [0.29, 0.717) is 24.5 Å². The molecule has 2 aromatic carbocycles. The van der Waals surface area contributed by atoms with Crippen LogP contribution in [0.15, 0.2) is 67.3 Å². The molecule has 3 rings (SSSR count). The molecule has 0 saturated carbocycles. The number of methoxy groups -OCH3 is 1. The molecule has 1 aromatic heterocycles. The van der Waals surface area contributed by atoms with Crippen molar-refractivity contribution in [3.05, 3.63) is 72.8 Å². The van der Waals surface area contributed by atoms with Gasteiger partial charge in [0.05, 0.1) is 25.5 Å². The normalized spacial score (nSPS) is 10.4. The van der Waals surface area contributed by atoms with Gasteiger partial charge >= 0.3 is 5.97 Å². The van der Waals surface area contributed by atoms with Gasteiger partial charge in [0.25, 0.3) is 0 Å². The van der Waals surface area contributed by atoms with E-state index >= 15 is 0 Å². The topological polar surface area (TPSA) is 53.4 Å². The van der Waals surface area contributed by atoms with Crippen LogP contribution in [0.2, 0.25) is 0 Å². The Morgan fingerprint density at radius 3 is 2.71 bits per heavy atom. The van der Waals surface area contributed by atoms with Crippen LogP contribution < -0.4 is 4.74 Å². The first kappa shape index (κ1) is 15.8. The zero-order valence-corrected chi connectivity index (χ0v) is 13.4. The maximum Gasteiger partial charge on any atom is 0.338 e. The monoisotopic (exact) mass is 322 g/mol. The third-order valence-electron chi connectivity index (χ3n) is 3.66. The van der Waals surface area contributed by atoms with Gasteiger partial charge in [0.1, 0.15) is 12.4 Å². The van der Waals surface area contributed by atoms with Crippen molar-refractivity contribution in [2.24, 2.45) is 0 Å². The first-order chi connectivity index (χ1) is 11.8. The fourth-order valence-corrected chi connectivity index (χ4v) is 2.45. The summed E-state index contributed by atoms with van der Waals surface area (Å²) in [7, 11) is 1.38. The Morgan fingerprint density at radius 2 is 2.00 bits per heavy atom. The Kier molecular flexibility index (Phi) is 4.91. The van der Waals surface area contributed by atoms with Gasteiger partial charge in [-0.25, -0.2) is 9.78 Å². The number of imidazole rings is 1. The molecule has 0 amide bonds. The predicted molar refractivity (Wildman–Crippen MR) is 90.9 cm³/mol. The lowest BCUT2D eigenvalue weighted by Crippen LogP contribution is -2.08. The lowest BCUT2D eigenvalue weighted by Gasteiger charge is -2.12. The van der Waals surface area contributed by atoms with Crippen molar-refractivity contribution < 1.29 is 14.3 Å². The molecule has 122 valence electrons. The number of carbonyl (C=O) groups excluding carboxylic acids is 1. The van der Waals surface area contributed by atoms with Gasteiger partial charge in [-0.1, -0.05) is 30.3 Å². The quantitative estimate of drug-likeness (QED) is 0.653. The van der Waals surface area contributed by atoms with Gasteiger partial charge in [-0.2, -0.15) is 0 Å². The Balaban J connectivity index is 1.82. The average molecular weight is 322 g/mol. The molecule has 0 aliphatic heterocycles. The fraction of sp³-hybridized carbons (Fsp3) is 0.158. The summed E-state index contributed by atoms with van der Waals surface area (Å²) in [6, 6.07) is 15.1. The smallest absolute Gasteiger partial charge is 0.338 e. The van der Waals surface area contributed by atoms with Crippen LogP contribution in [0.3, 0.4) is 0 Å². The standard InChI is InChI=1S/C19H18N2O3/c1-23-19(22)17-8-7-16(24-12-11-21-10-9-20-14-21)13-18(17)15-5-3-2-4-6-15/h2-10,13-14H,11-12H2,1H3. The van der Waals surface area contributed by atoms with Crippen molar-refractivity contribution in [2.45, 2.75) is 6.54 Å². The maximum atomic E-state index is 12.0. The molecule has 0 fully saturated rings. The zero-order valence-electron chi connectivity index (χ0n) is 13.4. The van der Waals surface area contributed by atoms with Crippen LogP contribution in [0.1, 0.15) is 10.4 Å². The van der Waals surface area contributed by atoms with Gasteiger partial charge in [-0.3, -0.25) is 0 Å². The number of hydrogen-bond donors (Lipinski definition) is 0. The van der Waals surface area contributed by atoms with E-state index in [1.54, 1.807) is 24.7 Å². The SMILES string of the molecule is COC(=O)c1ccc(OCCn2ccnc2)cc1-c1ccccc1. The molecule has 24 heavy (non-hydrogen) atoms. The maximum absolute atomic E-state index is 12.0. The third kappa shape index (κ3) is 3.63. The van der Waals surface area contributed by atoms with Crippen molar-refractivity contribution in [3.8, 4) is 16.9 Å². The highest BCUT2D eigenvalue weighted by Crippen LogP contribution is 2.28. The second-order valence-electron chi connectivity index (χ2n) is 5.21. The molecule has 0 unspecified atom stereocenters. The van der Waals surface area contributed by atoms with Gasteiger partial charge in [-0.05, 0) is 29.3 Å². The number of carbonyl (C=O) groups is 1. The van der Waals surface area contributed by atoms with E-state index in [9.17, 15) is 4.79 Å². The molecule has 5 heteroatoms. The van der Waals surface area contributed by atoms with E-state index < -0.39 is 0 Å². The fourth-order valence-electron chi connectivity index (χ4n) is 2.45. The van der Waals surface area contributed by atoms with Crippen LogP contribution >= 0.6 is 0 Å². The zero-order chi connectivity index (χ0) is 16.8. The number of nitrogens with zero attached hydrogens (tertiary/aromatic N) is 2. The minimum Gasteiger partial charge on any atom is -0.492 e. The van der Waals surface area contributed by atoms with E-state index in [1.807, 2.05) is 47.2 Å². The highest BCUT2D eigenvalue weighted by molar-refractivity contribution is 5.97. The van der Waals surface area contributed by atoms with E-state index in [1.165, 1.54) is 7.11 Å². The van der Waals surface area contributed by atoms with Crippen molar-refractivity contribution >= 4 is 5.97 Å². The molecule has 5 nitrogen and oxygen atoms in total. The summed E-state index contributed by atoms with van der Waals surface area (Å²) < 4.78 is 12.6. The summed E-state index contributed by atoms with van der Waals surface area (Å²) in [4.78, 5) is 16.0. The highest BCUT2D eigenvalue weighted by Gasteiger charge is 2.14. The minimum absolute atomic E-state index is 0.362. The van der Waals surface area contributed by atoms with Gasteiger partial charge in [0, 0.05) is 12.4 Å². The Morgan fingerprint density at radius 1 is 1.17 bits per heavy atom. The summed E-state index contributed by atoms with van der Waals surface area (Å²) in [5.74, 6) is 0.348. The lowest BCUT2D eigenvalue weighted by molar-refractivity contribution is 0.0601. The van der Waals surface area contributed by atoms with Crippen LogP contribution in [0, 0.1) is 0 Å². The largest absolute Gasteiger partial charge is 0.492 e. The van der Waals surface area contributed by atoms with E-state index in [4.69, 9.17) is 9.47 Å². The first-order valence-corrected chi connectivity index (χ1v) is 7.64.